The molecular weight excluding hydrogens is 256 g/mol. The fraction of sp³-hybridized carbons (Fsp3) is 0.786. The Bertz CT molecular complexity index is 441. The summed E-state index contributed by atoms with van der Waals surface area (Å²) >= 11 is 0. The third kappa shape index (κ3) is 2.97. The van der Waals surface area contributed by atoms with Crippen LogP contribution in [0.5, 0.6) is 5.88 Å². The minimum Gasteiger partial charge on any atom is -0.481 e. The Morgan fingerprint density at radius 2 is 2.35 bits per heavy atom. The summed E-state index contributed by atoms with van der Waals surface area (Å²) in [5.41, 5.74) is 8.06. The van der Waals surface area contributed by atoms with Gasteiger partial charge in [0.15, 0.2) is 0 Å². The van der Waals surface area contributed by atoms with Crippen LogP contribution in [-0.2, 0) is 11.8 Å². The van der Waals surface area contributed by atoms with Gasteiger partial charge in [-0.15, -0.1) is 0 Å². The summed E-state index contributed by atoms with van der Waals surface area (Å²) in [6, 6.07) is 0.0999. The van der Waals surface area contributed by atoms with Crippen molar-refractivity contribution in [3.05, 3.63) is 11.3 Å². The van der Waals surface area contributed by atoms with E-state index in [0.29, 0.717) is 12.6 Å². The number of methoxy groups -OCH3 is 1. The topological polar surface area (TPSA) is 65.5 Å². The van der Waals surface area contributed by atoms with Crippen LogP contribution in [-0.4, -0.2) is 54.6 Å². The maximum Gasteiger partial charge on any atom is 0.216 e. The van der Waals surface area contributed by atoms with Gasteiger partial charge >= 0.3 is 0 Å². The van der Waals surface area contributed by atoms with E-state index in [0.717, 1.165) is 43.1 Å². The lowest BCUT2D eigenvalue weighted by Gasteiger charge is -2.29. The zero-order chi connectivity index (χ0) is 14.7. The van der Waals surface area contributed by atoms with Crippen LogP contribution in [0, 0.1) is 6.92 Å². The van der Waals surface area contributed by atoms with Crippen molar-refractivity contribution in [2.75, 3.05) is 33.9 Å². The first-order chi connectivity index (χ1) is 9.58. The van der Waals surface area contributed by atoms with E-state index in [2.05, 4.69) is 17.0 Å². The van der Waals surface area contributed by atoms with Crippen LogP contribution in [0.25, 0.3) is 0 Å². The molecule has 1 aromatic heterocycles. The summed E-state index contributed by atoms with van der Waals surface area (Å²) < 4.78 is 13.0. The minimum atomic E-state index is 0.0999. The summed E-state index contributed by atoms with van der Waals surface area (Å²) in [6.45, 7) is 4.30. The molecule has 114 valence electrons. The zero-order valence-corrected chi connectivity index (χ0v) is 12.9. The van der Waals surface area contributed by atoms with Gasteiger partial charge in [0, 0.05) is 26.7 Å². The summed E-state index contributed by atoms with van der Waals surface area (Å²) in [5, 5.41) is 4.44. The van der Waals surface area contributed by atoms with Crippen molar-refractivity contribution in [1.82, 2.24) is 14.7 Å². The second-order valence-corrected chi connectivity index (χ2v) is 5.46. The van der Waals surface area contributed by atoms with Crippen molar-refractivity contribution in [2.24, 2.45) is 12.8 Å². The lowest BCUT2D eigenvalue weighted by atomic mass is 10.1. The molecule has 2 unspecified atom stereocenters. The monoisotopic (exact) mass is 282 g/mol. The largest absolute Gasteiger partial charge is 0.481 e. The van der Waals surface area contributed by atoms with Gasteiger partial charge in [0.2, 0.25) is 5.88 Å². The van der Waals surface area contributed by atoms with Crippen LogP contribution in [0.1, 0.15) is 30.1 Å². The highest BCUT2D eigenvalue weighted by molar-refractivity contribution is 5.34. The fourth-order valence-electron chi connectivity index (χ4n) is 3.03. The highest BCUT2D eigenvalue weighted by Crippen LogP contribution is 2.31. The molecule has 2 N–H and O–H groups in total. The van der Waals surface area contributed by atoms with Gasteiger partial charge in [-0.3, -0.25) is 4.90 Å². The number of hydrogen-bond acceptors (Lipinski definition) is 5. The Balaban J connectivity index is 2.18. The van der Waals surface area contributed by atoms with E-state index in [1.165, 1.54) is 0 Å². The number of hydrogen-bond donors (Lipinski definition) is 1. The molecule has 1 saturated heterocycles. The van der Waals surface area contributed by atoms with Gasteiger partial charge < -0.3 is 15.2 Å². The Kier molecular flexibility index (Phi) is 5.01. The smallest absolute Gasteiger partial charge is 0.216 e. The standard InChI is InChI=1S/C14H26N4O2/c1-10-13(14(19-4)18(3)16-10)12(8-15)17(2)9-11-6-5-7-20-11/h11-12H,5-9,15H2,1-4H3. The highest BCUT2D eigenvalue weighted by Gasteiger charge is 2.28. The van der Waals surface area contributed by atoms with Gasteiger partial charge in [0.1, 0.15) is 0 Å². The molecule has 0 spiro atoms. The molecule has 2 atom stereocenters. The zero-order valence-electron chi connectivity index (χ0n) is 12.9. The van der Waals surface area contributed by atoms with Crippen molar-refractivity contribution in [2.45, 2.75) is 31.9 Å². The summed E-state index contributed by atoms with van der Waals surface area (Å²) in [5.74, 6) is 0.789. The Labute approximate surface area is 120 Å². The number of nitrogens with zero attached hydrogens (tertiary/aromatic N) is 3. The molecule has 0 aromatic carbocycles. The lowest BCUT2D eigenvalue weighted by Crippen LogP contribution is -2.36. The molecule has 0 aliphatic carbocycles. The van der Waals surface area contributed by atoms with Gasteiger partial charge in [-0.1, -0.05) is 0 Å². The van der Waals surface area contributed by atoms with E-state index >= 15 is 0 Å². The second kappa shape index (κ2) is 6.56. The van der Waals surface area contributed by atoms with Gasteiger partial charge in [0.25, 0.3) is 0 Å². The molecule has 2 heterocycles. The van der Waals surface area contributed by atoms with Crippen molar-refractivity contribution in [1.29, 1.82) is 0 Å². The quantitative estimate of drug-likeness (QED) is 0.838. The van der Waals surface area contributed by atoms with E-state index in [1.807, 2.05) is 14.0 Å². The van der Waals surface area contributed by atoms with Crippen molar-refractivity contribution in [3.63, 3.8) is 0 Å². The molecule has 20 heavy (non-hydrogen) atoms. The average Bonchev–Trinajstić information content (AvgIpc) is 2.99. The minimum absolute atomic E-state index is 0.0999. The number of aromatic nitrogens is 2. The van der Waals surface area contributed by atoms with Crippen LogP contribution in [0.4, 0.5) is 0 Å². The van der Waals surface area contributed by atoms with Crippen LogP contribution in [0.3, 0.4) is 0 Å². The average molecular weight is 282 g/mol. The summed E-state index contributed by atoms with van der Waals surface area (Å²) in [7, 11) is 5.65. The molecule has 6 heteroatoms. The lowest BCUT2D eigenvalue weighted by molar-refractivity contribution is 0.0684. The van der Waals surface area contributed by atoms with Crippen LogP contribution in [0.2, 0.25) is 0 Å². The molecule has 1 aliphatic heterocycles. The molecule has 1 fully saturated rings. The number of aryl methyl sites for hydroxylation is 2. The maximum atomic E-state index is 6.01. The van der Waals surface area contributed by atoms with E-state index in [9.17, 15) is 0 Å². The highest BCUT2D eigenvalue weighted by atomic mass is 16.5. The number of nitrogens with two attached hydrogens (primary N) is 1. The SMILES string of the molecule is COc1c(C(CN)N(C)CC2CCCO2)c(C)nn1C. The van der Waals surface area contributed by atoms with E-state index in [4.69, 9.17) is 15.2 Å². The maximum absolute atomic E-state index is 6.01. The van der Waals surface area contributed by atoms with Crippen LogP contribution >= 0.6 is 0 Å². The van der Waals surface area contributed by atoms with Crippen molar-refractivity contribution < 1.29 is 9.47 Å². The molecule has 0 saturated carbocycles. The first kappa shape index (κ1) is 15.3. The summed E-state index contributed by atoms with van der Waals surface area (Å²) in [4.78, 5) is 2.25. The first-order valence-corrected chi connectivity index (χ1v) is 7.17. The molecule has 2 rings (SSSR count). The third-order valence-corrected chi connectivity index (χ3v) is 4.01. The molecule has 0 radical (unpaired) electrons. The van der Waals surface area contributed by atoms with Crippen LogP contribution in [0.15, 0.2) is 0 Å². The molecule has 0 amide bonds. The third-order valence-electron chi connectivity index (χ3n) is 4.01. The predicted molar refractivity (Wildman–Crippen MR) is 77.9 cm³/mol. The van der Waals surface area contributed by atoms with E-state index in [-0.39, 0.29) is 6.04 Å². The van der Waals surface area contributed by atoms with Gasteiger partial charge in [0.05, 0.1) is 30.5 Å². The Morgan fingerprint density at radius 3 is 2.90 bits per heavy atom. The molecule has 1 aliphatic rings. The predicted octanol–water partition coefficient (Wildman–Crippen LogP) is 0.848. The Hall–Kier alpha value is -1.11. The molecule has 0 bridgehead atoms. The Morgan fingerprint density at radius 1 is 1.60 bits per heavy atom. The van der Waals surface area contributed by atoms with E-state index < -0.39 is 0 Å². The summed E-state index contributed by atoms with van der Waals surface area (Å²) in [6.07, 6.45) is 2.60. The molecule has 1 aromatic rings. The second-order valence-electron chi connectivity index (χ2n) is 5.46. The molecule has 6 nitrogen and oxygen atoms in total. The van der Waals surface area contributed by atoms with Gasteiger partial charge in [-0.2, -0.15) is 5.10 Å². The number of rotatable bonds is 6. The van der Waals surface area contributed by atoms with Gasteiger partial charge in [-0.25, -0.2) is 4.68 Å². The number of ether oxygens (including phenoxy) is 2. The van der Waals surface area contributed by atoms with E-state index in [1.54, 1.807) is 11.8 Å². The van der Waals surface area contributed by atoms with Crippen molar-refractivity contribution >= 4 is 0 Å². The fourth-order valence-corrected chi connectivity index (χ4v) is 3.03. The normalized spacial score (nSPS) is 20.6. The first-order valence-electron chi connectivity index (χ1n) is 7.17. The van der Waals surface area contributed by atoms with Gasteiger partial charge in [-0.05, 0) is 26.8 Å². The molecular formula is C14H26N4O2. The number of likely N-dealkylation sites (N-methyl/N-ethyl adjacent to an activating group) is 1. The van der Waals surface area contributed by atoms with Crippen molar-refractivity contribution in [3.8, 4) is 5.88 Å². The van der Waals surface area contributed by atoms with Crippen LogP contribution < -0.4 is 10.5 Å².